The summed E-state index contributed by atoms with van der Waals surface area (Å²) in [7, 11) is 1.57. The lowest BCUT2D eigenvalue weighted by Crippen LogP contribution is -2.50. The van der Waals surface area contributed by atoms with E-state index < -0.39 is 17.5 Å². The van der Waals surface area contributed by atoms with Gasteiger partial charge in [0.2, 0.25) is 0 Å². The highest BCUT2D eigenvalue weighted by atomic mass is 35.5. The SMILES string of the molecule is COc1cc(N2CCN(C(=O)OC(C)(C)C)CC2)ncc1-c1cnc(N)c(OC(C)c2c(Cl)ccc(F)c2Cl)c1. The number of hydrogen-bond acceptors (Lipinski definition) is 8. The number of nitrogens with two attached hydrogens (primary N) is 1. The number of pyridine rings is 2. The van der Waals surface area contributed by atoms with Crippen molar-refractivity contribution < 1.29 is 23.4 Å². The molecule has 1 fully saturated rings. The number of anilines is 2. The molecule has 9 nitrogen and oxygen atoms in total. The first kappa shape index (κ1) is 29.5. The van der Waals surface area contributed by atoms with Crippen molar-refractivity contribution in [1.29, 1.82) is 0 Å². The van der Waals surface area contributed by atoms with Crippen molar-refractivity contribution in [1.82, 2.24) is 14.9 Å². The zero-order valence-corrected chi connectivity index (χ0v) is 24.5. The molecule has 0 saturated carbocycles. The molecule has 1 atom stereocenters. The van der Waals surface area contributed by atoms with E-state index in [4.69, 9.17) is 43.1 Å². The Bertz CT molecular complexity index is 1390. The van der Waals surface area contributed by atoms with Gasteiger partial charge >= 0.3 is 6.09 Å². The first-order chi connectivity index (χ1) is 18.9. The number of methoxy groups -OCH3 is 1. The third-order valence-corrected chi connectivity index (χ3v) is 7.02. The minimum atomic E-state index is -0.711. The number of ether oxygens (including phenoxy) is 3. The van der Waals surface area contributed by atoms with Gasteiger partial charge in [0.15, 0.2) is 11.6 Å². The smallest absolute Gasteiger partial charge is 0.410 e. The summed E-state index contributed by atoms with van der Waals surface area (Å²) in [5.74, 6) is 1.10. The Hall–Kier alpha value is -3.50. The number of carbonyl (C=O) groups is 1. The average molecular weight is 592 g/mol. The summed E-state index contributed by atoms with van der Waals surface area (Å²) in [6, 6.07) is 6.16. The highest BCUT2D eigenvalue weighted by Gasteiger charge is 2.27. The van der Waals surface area contributed by atoms with E-state index in [1.807, 2.05) is 26.8 Å². The van der Waals surface area contributed by atoms with Crippen LogP contribution in [0.4, 0.5) is 20.8 Å². The Labute approximate surface area is 242 Å². The maximum atomic E-state index is 14.1. The predicted octanol–water partition coefficient (Wildman–Crippen LogP) is 6.38. The van der Waals surface area contributed by atoms with Crippen LogP contribution in [0.1, 0.15) is 39.4 Å². The van der Waals surface area contributed by atoms with Crippen LogP contribution in [0, 0.1) is 5.82 Å². The Balaban J connectivity index is 1.52. The summed E-state index contributed by atoms with van der Waals surface area (Å²) in [4.78, 5) is 25.1. The molecule has 0 bridgehead atoms. The Morgan fingerprint density at radius 2 is 1.77 bits per heavy atom. The van der Waals surface area contributed by atoms with Gasteiger partial charge in [0.1, 0.15) is 29.1 Å². The van der Waals surface area contributed by atoms with Gasteiger partial charge in [0.05, 0.1) is 12.1 Å². The zero-order chi connectivity index (χ0) is 29.2. The van der Waals surface area contributed by atoms with Gasteiger partial charge in [0, 0.05) is 66.4 Å². The molecule has 2 aromatic heterocycles. The topological polar surface area (TPSA) is 103 Å². The van der Waals surface area contributed by atoms with Crippen molar-refractivity contribution in [3.63, 3.8) is 0 Å². The van der Waals surface area contributed by atoms with Gasteiger partial charge in [-0.2, -0.15) is 0 Å². The van der Waals surface area contributed by atoms with Gasteiger partial charge in [0.25, 0.3) is 0 Å². The maximum absolute atomic E-state index is 14.1. The number of amides is 1. The van der Waals surface area contributed by atoms with Crippen molar-refractivity contribution in [2.75, 3.05) is 43.9 Å². The quantitative estimate of drug-likeness (QED) is 0.329. The second kappa shape index (κ2) is 11.9. The van der Waals surface area contributed by atoms with E-state index in [9.17, 15) is 9.18 Å². The van der Waals surface area contributed by atoms with Crippen molar-refractivity contribution in [3.8, 4) is 22.6 Å². The second-order valence-corrected chi connectivity index (χ2v) is 11.1. The first-order valence-electron chi connectivity index (χ1n) is 12.7. The van der Waals surface area contributed by atoms with E-state index >= 15 is 0 Å². The van der Waals surface area contributed by atoms with Crippen LogP contribution < -0.4 is 20.1 Å². The van der Waals surface area contributed by atoms with Gasteiger partial charge in [-0.25, -0.2) is 19.2 Å². The van der Waals surface area contributed by atoms with Crippen molar-refractivity contribution >= 4 is 40.9 Å². The molecule has 1 saturated heterocycles. The third-order valence-electron chi connectivity index (χ3n) is 6.31. The van der Waals surface area contributed by atoms with Crippen LogP contribution in [0.5, 0.6) is 11.5 Å². The highest BCUT2D eigenvalue weighted by Crippen LogP contribution is 2.39. The number of carbonyl (C=O) groups excluding carboxylic acids is 1. The van der Waals surface area contributed by atoms with Crippen LogP contribution in [-0.4, -0.2) is 59.9 Å². The monoisotopic (exact) mass is 591 g/mol. The zero-order valence-electron chi connectivity index (χ0n) is 23.0. The van der Waals surface area contributed by atoms with E-state index in [1.165, 1.54) is 12.1 Å². The third kappa shape index (κ3) is 6.62. The normalized spacial score (nSPS) is 14.6. The molecular weight excluding hydrogens is 560 g/mol. The fourth-order valence-electron chi connectivity index (χ4n) is 4.29. The number of hydrogen-bond donors (Lipinski definition) is 1. The van der Waals surface area contributed by atoms with Crippen molar-refractivity contribution in [3.05, 3.63) is 58.1 Å². The molecular formula is C28H32Cl2FN5O4. The summed E-state index contributed by atoms with van der Waals surface area (Å²) in [5.41, 5.74) is 7.18. The largest absolute Gasteiger partial charge is 0.496 e. The molecule has 1 amide bonds. The number of halogens is 3. The fourth-order valence-corrected chi connectivity index (χ4v) is 4.97. The molecule has 1 unspecified atom stereocenters. The summed E-state index contributed by atoms with van der Waals surface area (Å²) in [6.45, 7) is 9.46. The molecule has 12 heteroatoms. The molecule has 1 aliphatic rings. The fraction of sp³-hybridized carbons (Fsp3) is 0.393. The maximum Gasteiger partial charge on any atom is 0.410 e. The molecule has 2 N–H and O–H groups in total. The van der Waals surface area contributed by atoms with E-state index in [1.54, 1.807) is 37.4 Å². The van der Waals surface area contributed by atoms with Gasteiger partial charge in [-0.15, -0.1) is 0 Å². The average Bonchev–Trinajstić information content (AvgIpc) is 2.91. The second-order valence-electron chi connectivity index (χ2n) is 10.3. The molecule has 214 valence electrons. The van der Waals surface area contributed by atoms with Crippen LogP contribution in [-0.2, 0) is 4.74 Å². The van der Waals surface area contributed by atoms with Gasteiger partial charge < -0.3 is 29.7 Å². The lowest BCUT2D eigenvalue weighted by molar-refractivity contribution is 0.0240. The number of nitrogens with zero attached hydrogens (tertiary/aromatic N) is 4. The molecule has 0 spiro atoms. The molecule has 40 heavy (non-hydrogen) atoms. The van der Waals surface area contributed by atoms with E-state index in [0.717, 1.165) is 0 Å². The number of rotatable bonds is 6. The minimum absolute atomic E-state index is 0.115. The van der Waals surface area contributed by atoms with Crippen LogP contribution >= 0.6 is 23.2 Å². The lowest BCUT2D eigenvalue weighted by atomic mass is 10.1. The Morgan fingerprint density at radius 3 is 2.42 bits per heavy atom. The van der Waals surface area contributed by atoms with E-state index in [-0.39, 0.29) is 27.7 Å². The number of piperazine rings is 1. The lowest BCUT2D eigenvalue weighted by Gasteiger charge is -2.36. The van der Waals surface area contributed by atoms with Crippen LogP contribution in [0.2, 0.25) is 10.0 Å². The van der Waals surface area contributed by atoms with Crippen molar-refractivity contribution in [2.24, 2.45) is 0 Å². The first-order valence-corrected chi connectivity index (χ1v) is 13.5. The molecule has 0 aliphatic carbocycles. The summed E-state index contributed by atoms with van der Waals surface area (Å²) < 4.78 is 31.2. The van der Waals surface area contributed by atoms with Gasteiger partial charge in [-0.1, -0.05) is 23.2 Å². The van der Waals surface area contributed by atoms with E-state index in [0.29, 0.717) is 54.4 Å². The number of nitrogen functional groups attached to an aromatic ring is 1. The van der Waals surface area contributed by atoms with Crippen molar-refractivity contribution in [2.45, 2.75) is 39.4 Å². The Kier molecular flexibility index (Phi) is 8.80. The molecule has 1 aliphatic heterocycles. The highest BCUT2D eigenvalue weighted by molar-refractivity contribution is 6.36. The molecule has 4 rings (SSSR count). The molecule has 3 aromatic rings. The van der Waals surface area contributed by atoms with E-state index in [2.05, 4.69) is 14.9 Å². The van der Waals surface area contributed by atoms with Gasteiger partial charge in [-0.3, -0.25) is 0 Å². The molecule has 1 aromatic carbocycles. The van der Waals surface area contributed by atoms with Gasteiger partial charge in [-0.05, 0) is 45.9 Å². The van der Waals surface area contributed by atoms with Crippen LogP contribution in [0.3, 0.4) is 0 Å². The number of benzene rings is 1. The summed E-state index contributed by atoms with van der Waals surface area (Å²) in [6.07, 6.45) is 2.25. The number of aromatic nitrogens is 2. The molecule has 0 radical (unpaired) electrons. The van der Waals surface area contributed by atoms with Crippen LogP contribution in [0.15, 0.2) is 36.7 Å². The predicted molar refractivity (Wildman–Crippen MR) is 154 cm³/mol. The Morgan fingerprint density at radius 1 is 1.07 bits per heavy atom. The minimum Gasteiger partial charge on any atom is -0.496 e. The summed E-state index contributed by atoms with van der Waals surface area (Å²) in [5, 5.41) is 0.158. The standard InChI is InChI=1S/C28H32Cl2FN5O4/c1-16(24-19(29)6-7-20(31)25(24)30)39-22-12-17(14-34-26(22)32)18-15-33-23(13-21(18)38-5)35-8-10-36(11-9-35)27(37)40-28(2,3)4/h6-7,12-16H,8-11H2,1-5H3,(H2,32,34). The van der Waals surface area contributed by atoms with Crippen LogP contribution in [0.25, 0.3) is 11.1 Å². The summed E-state index contributed by atoms with van der Waals surface area (Å²) >= 11 is 12.4. The molecule has 3 heterocycles.